The number of carbonyl (C=O) groups is 2. The number of aromatic nitrogens is 1. The summed E-state index contributed by atoms with van der Waals surface area (Å²) in [6.45, 7) is -0.537. The molecule has 2 N–H and O–H groups in total. The van der Waals surface area contributed by atoms with Gasteiger partial charge in [-0.15, -0.1) is 0 Å². The van der Waals surface area contributed by atoms with Gasteiger partial charge in [0.2, 0.25) is 10.0 Å². The summed E-state index contributed by atoms with van der Waals surface area (Å²) in [5, 5.41) is 3.28. The minimum Gasteiger partial charge on any atom is -0.452 e. The zero-order chi connectivity index (χ0) is 23.4. The Balaban J connectivity index is 1.44. The molecule has 1 fully saturated rings. The second-order valence-electron chi connectivity index (χ2n) is 8.18. The highest BCUT2D eigenvalue weighted by Crippen LogP contribution is 2.29. The maximum absolute atomic E-state index is 13.3. The van der Waals surface area contributed by atoms with Crippen molar-refractivity contribution >= 4 is 38.5 Å². The number of fused-ring (bicyclic) bond motifs is 1. The van der Waals surface area contributed by atoms with Gasteiger partial charge in [-0.2, -0.15) is 4.31 Å². The van der Waals surface area contributed by atoms with Gasteiger partial charge in [0.1, 0.15) is 4.90 Å². The Kier molecular flexibility index (Phi) is 6.80. The molecule has 1 aliphatic rings. The Labute approximate surface area is 193 Å². The Bertz CT molecular complexity index is 1260. The molecule has 174 valence electrons. The fraction of sp³-hybridized carbons (Fsp3) is 0.333. The van der Waals surface area contributed by atoms with E-state index in [1.807, 2.05) is 12.1 Å². The van der Waals surface area contributed by atoms with Gasteiger partial charge in [-0.3, -0.25) is 4.79 Å². The molecular formula is C24H27N3O5S. The lowest BCUT2D eigenvalue weighted by Gasteiger charge is -2.30. The highest BCUT2D eigenvalue weighted by atomic mass is 32.2. The molecule has 3 aromatic rings. The van der Waals surface area contributed by atoms with Crippen LogP contribution < -0.4 is 5.32 Å². The molecule has 1 amide bonds. The number of aromatic amines is 1. The number of para-hydroxylation sites is 2. The summed E-state index contributed by atoms with van der Waals surface area (Å²) < 4.78 is 33.1. The van der Waals surface area contributed by atoms with Crippen LogP contribution in [0.2, 0.25) is 0 Å². The van der Waals surface area contributed by atoms with Gasteiger partial charge < -0.3 is 15.0 Å². The van der Waals surface area contributed by atoms with Crippen LogP contribution in [0.25, 0.3) is 10.9 Å². The molecule has 0 radical (unpaired) electrons. The molecule has 4 rings (SSSR count). The van der Waals surface area contributed by atoms with Crippen molar-refractivity contribution in [2.24, 2.45) is 0 Å². The van der Waals surface area contributed by atoms with Gasteiger partial charge in [0, 0.05) is 30.2 Å². The third-order valence-electron chi connectivity index (χ3n) is 6.05. The van der Waals surface area contributed by atoms with Crippen molar-refractivity contribution in [2.75, 3.05) is 19.0 Å². The van der Waals surface area contributed by atoms with Gasteiger partial charge in [0.05, 0.1) is 11.3 Å². The number of rotatable bonds is 7. The first kappa shape index (κ1) is 23.0. The van der Waals surface area contributed by atoms with Gasteiger partial charge in [-0.25, -0.2) is 13.2 Å². The van der Waals surface area contributed by atoms with E-state index in [0.717, 1.165) is 37.6 Å². The lowest BCUT2D eigenvalue weighted by Crippen LogP contribution is -2.38. The highest BCUT2D eigenvalue weighted by molar-refractivity contribution is 7.89. The molecule has 0 aliphatic heterocycles. The third-order valence-corrected chi connectivity index (χ3v) is 8.02. The van der Waals surface area contributed by atoms with E-state index in [1.165, 1.54) is 22.6 Å². The molecule has 0 unspecified atom stereocenters. The van der Waals surface area contributed by atoms with Crippen LogP contribution in [-0.4, -0.2) is 49.3 Å². The summed E-state index contributed by atoms with van der Waals surface area (Å²) in [6, 6.07) is 13.5. The summed E-state index contributed by atoms with van der Waals surface area (Å²) in [5.74, 6) is -1.26. The van der Waals surface area contributed by atoms with Gasteiger partial charge in [0.15, 0.2) is 6.61 Å². The van der Waals surface area contributed by atoms with E-state index in [0.29, 0.717) is 10.9 Å². The van der Waals surface area contributed by atoms with E-state index in [4.69, 9.17) is 4.74 Å². The zero-order valence-corrected chi connectivity index (χ0v) is 19.2. The van der Waals surface area contributed by atoms with Crippen molar-refractivity contribution in [3.63, 3.8) is 0 Å². The van der Waals surface area contributed by atoms with Crippen LogP contribution in [0.1, 0.15) is 42.5 Å². The number of amides is 1. The minimum absolute atomic E-state index is 0.0226. The topological polar surface area (TPSA) is 109 Å². The molecule has 1 saturated carbocycles. The molecule has 33 heavy (non-hydrogen) atoms. The van der Waals surface area contributed by atoms with Crippen molar-refractivity contribution in [1.29, 1.82) is 0 Å². The lowest BCUT2D eigenvalue weighted by atomic mass is 9.96. The predicted octanol–water partition coefficient (Wildman–Crippen LogP) is 3.92. The number of nitrogens with zero attached hydrogens (tertiary/aromatic N) is 1. The van der Waals surface area contributed by atoms with Gasteiger partial charge in [-0.05, 0) is 31.0 Å². The number of hydrogen-bond acceptors (Lipinski definition) is 5. The predicted molar refractivity (Wildman–Crippen MR) is 125 cm³/mol. The Morgan fingerprint density at radius 2 is 1.76 bits per heavy atom. The quantitative estimate of drug-likeness (QED) is 0.510. The van der Waals surface area contributed by atoms with Crippen LogP contribution in [0.4, 0.5) is 5.69 Å². The fourth-order valence-electron chi connectivity index (χ4n) is 4.23. The summed E-state index contributed by atoms with van der Waals surface area (Å²) in [5.41, 5.74) is 1.28. The SMILES string of the molecule is CN(C1CCCCC1)S(=O)(=O)c1ccccc1NC(=O)COC(=O)c1c[nH]c2ccccc12. The Morgan fingerprint density at radius 3 is 2.55 bits per heavy atom. The van der Waals surface area contributed by atoms with Crippen LogP contribution in [0.5, 0.6) is 0 Å². The first-order valence-electron chi connectivity index (χ1n) is 11.0. The normalized spacial score (nSPS) is 15.0. The van der Waals surface area contributed by atoms with Crippen LogP contribution in [0, 0.1) is 0 Å². The number of benzene rings is 2. The molecule has 0 saturated heterocycles. The molecule has 1 aromatic heterocycles. The van der Waals surface area contributed by atoms with Crippen molar-refractivity contribution in [1.82, 2.24) is 9.29 Å². The molecule has 1 aliphatic carbocycles. The minimum atomic E-state index is -3.80. The second-order valence-corrected chi connectivity index (χ2v) is 10.1. The van der Waals surface area contributed by atoms with Crippen LogP contribution in [-0.2, 0) is 19.6 Å². The number of anilines is 1. The monoisotopic (exact) mass is 469 g/mol. The number of sulfonamides is 1. The van der Waals surface area contributed by atoms with Crippen molar-refractivity contribution < 1.29 is 22.7 Å². The second kappa shape index (κ2) is 9.76. The fourth-order valence-corrected chi connectivity index (χ4v) is 5.79. The van der Waals surface area contributed by atoms with Gasteiger partial charge in [0.25, 0.3) is 5.91 Å². The van der Waals surface area contributed by atoms with Gasteiger partial charge in [-0.1, -0.05) is 49.6 Å². The van der Waals surface area contributed by atoms with E-state index < -0.39 is 28.5 Å². The maximum atomic E-state index is 13.3. The third kappa shape index (κ3) is 4.94. The maximum Gasteiger partial charge on any atom is 0.340 e. The average molecular weight is 470 g/mol. The Morgan fingerprint density at radius 1 is 1.06 bits per heavy atom. The molecular weight excluding hydrogens is 442 g/mol. The Hall–Kier alpha value is -3.17. The van der Waals surface area contributed by atoms with Crippen molar-refractivity contribution in [3.05, 3.63) is 60.3 Å². The van der Waals surface area contributed by atoms with E-state index in [1.54, 1.807) is 31.3 Å². The average Bonchev–Trinajstić information content (AvgIpc) is 3.27. The van der Waals surface area contributed by atoms with Crippen molar-refractivity contribution in [2.45, 2.75) is 43.0 Å². The van der Waals surface area contributed by atoms with Gasteiger partial charge >= 0.3 is 5.97 Å². The summed E-state index contributed by atoms with van der Waals surface area (Å²) in [6.07, 6.45) is 6.32. The molecule has 0 spiro atoms. The largest absolute Gasteiger partial charge is 0.452 e. The lowest BCUT2D eigenvalue weighted by molar-refractivity contribution is -0.119. The first-order chi connectivity index (χ1) is 15.9. The summed E-state index contributed by atoms with van der Waals surface area (Å²) >= 11 is 0. The van der Waals surface area contributed by atoms with E-state index in [2.05, 4.69) is 10.3 Å². The highest BCUT2D eigenvalue weighted by Gasteiger charge is 2.31. The van der Waals surface area contributed by atoms with Crippen LogP contribution in [0.15, 0.2) is 59.6 Å². The molecule has 0 atom stereocenters. The smallest absolute Gasteiger partial charge is 0.340 e. The van der Waals surface area contributed by atoms with Crippen LogP contribution in [0.3, 0.4) is 0 Å². The number of hydrogen-bond donors (Lipinski definition) is 2. The van der Waals surface area contributed by atoms with E-state index >= 15 is 0 Å². The first-order valence-corrected chi connectivity index (χ1v) is 12.4. The summed E-state index contributed by atoms with van der Waals surface area (Å²) in [7, 11) is -2.21. The van der Waals surface area contributed by atoms with E-state index in [9.17, 15) is 18.0 Å². The molecule has 9 heteroatoms. The standard InChI is InChI=1S/C24H27N3O5S/c1-27(17-9-3-2-4-10-17)33(30,31)22-14-8-7-13-21(22)26-23(28)16-32-24(29)19-15-25-20-12-6-5-11-18(19)20/h5-8,11-15,17,25H,2-4,9-10,16H2,1H3,(H,26,28). The number of nitrogens with one attached hydrogen (secondary N) is 2. The zero-order valence-electron chi connectivity index (χ0n) is 18.4. The molecule has 0 bridgehead atoms. The molecule has 8 nitrogen and oxygen atoms in total. The molecule has 2 aromatic carbocycles. The van der Waals surface area contributed by atoms with Crippen LogP contribution >= 0.6 is 0 Å². The number of carbonyl (C=O) groups excluding carboxylic acids is 2. The van der Waals surface area contributed by atoms with Crippen molar-refractivity contribution in [3.8, 4) is 0 Å². The number of esters is 1. The number of H-pyrrole nitrogens is 1. The van der Waals surface area contributed by atoms with E-state index in [-0.39, 0.29) is 16.6 Å². The molecule has 1 heterocycles. The summed E-state index contributed by atoms with van der Waals surface area (Å²) in [4.78, 5) is 27.9. The number of ether oxygens (including phenoxy) is 1.